The van der Waals surface area contributed by atoms with Gasteiger partial charge in [-0.3, -0.25) is 14.4 Å². The zero-order valence-corrected chi connectivity index (χ0v) is 23.4. The summed E-state index contributed by atoms with van der Waals surface area (Å²) in [7, 11) is 0. The van der Waals surface area contributed by atoms with Crippen LogP contribution in [0.3, 0.4) is 0 Å². The summed E-state index contributed by atoms with van der Waals surface area (Å²) in [5, 5.41) is 18.7. The number of para-hydroxylation sites is 1. The zero-order chi connectivity index (χ0) is 29.7. The van der Waals surface area contributed by atoms with E-state index < -0.39 is 47.9 Å². The molecule has 12 nitrogen and oxygen atoms in total. The summed E-state index contributed by atoms with van der Waals surface area (Å²) in [6.07, 6.45) is 5.21. The molecule has 4 unspecified atom stereocenters. The van der Waals surface area contributed by atoms with Crippen LogP contribution < -0.4 is 33.2 Å². The molecular formula is C28H45N7O5. The van der Waals surface area contributed by atoms with Crippen LogP contribution in [0.25, 0.3) is 10.9 Å². The first-order chi connectivity index (χ1) is 19.1. The largest absolute Gasteiger partial charge is 0.480 e. The lowest BCUT2D eigenvalue weighted by molar-refractivity contribution is -0.142. The molecule has 11 N–H and O–H groups in total. The van der Waals surface area contributed by atoms with Crippen LogP contribution >= 0.6 is 0 Å². The van der Waals surface area contributed by atoms with Gasteiger partial charge in [0.05, 0.1) is 6.04 Å². The van der Waals surface area contributed by atoms with Crippen LogP contribution in [0.5, 0.6) is 0 Å². The van der Waals surface area contributed by atoms with Crippen LogP contribution in [0.15, 0.2) is 30.5 Å². The van der Waals surface area contributed by atoms with E-state index >= 15 is 0 Å². The summed E-state index contributed by atoms with van der Waals surface area (Å²) in [5.41, 5.74) is 18.7. The molecule has 0 saturated carbocycles. The molecule has 0 fully saturated rings. The SMILES string of the molecule is CC(C)C(NC(=O)C(CCCCN)NC(=O)C(N)CCCCN)C(=O)NC(Cc1c[nH]c2ccccc12)C(=O)O. The molecule has 0 aliphatic heterocycles. The maximum atomic E-state index is 13.3. The smallest absolute Gasteiger partial charge is 0.326 e. The van der Waals surface area contributed by atoms with Crippen molar-refractivity contribution in [3.63, 3.8) is 0 Å². The summed E-state index contributed by atoms with van der Waals surface area (Å²) < 4.78 is 0. The Balaban J connectivity index is 2.11. The maximum Gasteiger partial charge on any atom is 0.326 e. The molecule has 4 atom stereocenters. The molecule has 3 amide bonds. The van der Waals surface area contributed by atoms with Gasteiger partial charge in [-0.2, -0.15) is 0 Å². The first-order valence-electron chi connectivity index (χ1n) is 13.9. The fourth-order valence-electron chi connectivity index (χ4n) is 4.45. The molecule has 0 aliphatic carbocycles. The molecule has 0 bridgehead atoms. The molecule has 40 heavy (non-hydrogen) atoms. The van der Waals surface area contributed by atoms with Crippen molar-refractivity contribution in [2.45, 2.75) is 83.0 Å². The number of aromatic amines is 1. The Morgan fingerprint density at radius 3 is 2.10 bits per heavy atom. The number of benzene rings is 1. The molecule has 0 saturated heterocycles. The predicted molar refractivity (Wildman–Crippen MR) is 154 cm³/mol. The van der Waals surface area contributed by atoms with Gasteiger partial charge in [0.15, 0.2) is 0 Å². The number of carboxylic acid groups (broad SMARTS) is 1. The molecule has 1 heterocycles. The Labute approximate surface area is 235 Å². The third-order valence-corrected chi connectivity index (χ3v) is 6.85. The van der Waals surface area contributed by atoms with Gasteiger partial charge in [-0.25, -0.2) is 4.79 Å². The van der Waals surface area contributed by atoms with Crippen LogP contribution in [0.1, 0.15) is 57.9 Å². The van der Waals surface area contributed by atoms with Crippen LogP contribution in [0.2, 0.25) is 0 Å². The molecule has 1 aromatic heterocycles. The molecule has 2 rings (SSSR count). The standard InChI is InChI=1S/C28H45N7O5/c1-17(2)24(27(38)34-23(28(39)40)15-18-16-32-21-11-4-3-9-19(18)21)35-26(37)22(12-6-8-14-30)33-25(36)20(31)10-5-7-13-29/h3-4,9,11,16-17,20,22-24,32H,5-8,10,12-15,29-31H2,1-2H3,(H,33,36)(H,34,38)(H,35,37)(H,39,40). The van der Waals surface area contributed by atoms with Crippen molar-refractivity contribution in [2.75, 3.05) is 13.1 Å². The highest BCUT2D eigenvalue weighted by Crippen LogP contribution is 2.19. The second-order valence-electron chi connectivity index (χ2n) is 10.4. The predicted octanol–water partition coefficient (Wildman–Crippen LogP) is 0.491. The number of aromatic nitrogens is 1. The number of unbranched alkanes of at least 4 members (excludes halogenated alkanes) is 2. The molecular weight excluding hydrogens is 514 g/mol. The van der Waals surface area contributed by atoms with Gasteiger partial charge in [0.25, 0.3) is 0 Å². The summed E-state index contributed by atoms with van der Waals surface area (Å²) >= 11 is 0. The normalized spacial score (nSPS) is 14.3. The van der Waals surface area contributed by atoms with E-state index in [-0.39, 0.29) is 12.3 Å². The van der Waals surface area contributed by atoms with Crippen molar-refractivity contribution >= 4 is 34.6 Å². The van der Waals surface area contributed by atoms with Crippen molar-refractivity contribution in [3.05, 3.63) is 36.0 Å². The van der Waals surface area contributed by atoms with Crippen LogP contribution in [0, 0.1) is 5.92 Å². The summed E-state index contributed by atoms with van der Waals surface area (Å²) in [4.78, 5) is 54.4. The third kappa shape index (κ3) is 9.92. The monoisotopic (exact) mass is 559 g/mol. The van der Waals surface area contributed by atoms with Gasteiger partial charge in [-0.05, 0) is 62.7 Å². The summed E-state index contributed by atoms with van der Waals surface area (Å²) in [5.74, 6) is -3.17. The number of nitrogens with one attached hydrogen (secondary N) is 4. The minimum Gasteiger partial charge on any atom is -0.480 e. The number of aliphatic carboxylic acids is 1. The Hall–Kier alpha value is -3.48. The number of nitrogens with two attached hydrogens (primary N) is 3. The van der Waals surface area contributed by atoms with Crippen molar-refractivity contribution in [1.29, 1.82) is 0 Å². The van der Waals surface area contributed by atoms with Gasteiger partial charge in [0, 0.05) is 23.5 Å². The van der Waals surface area contributed by atoms with Crippen LogP contribution in [-0.4, -0.2) is 71.0 Å². The number of rotatable bonds is 18. The van der Waals surface area contributed by atoms with E-state index in [4.69, 9.17) is 17.2 Å². The van der Waals surface area contributed by atoms with E-state index in [9.17, 15) is 24.3 Å². The van der Waals surface area contributed by atoms with E-state index in [2.05, 4.69) is 20.9 Å². The summed E-state index contributed by atoms with van der Waals surface area (Å²) in [6, 6.07) is 3.54. The summed E-state index contributed by atoms with van der Waals surface area (Å²) in [6.45, 7) is 4.43. The first kappa shape index (κ1) is 32.7. The lowest BCUT2D eigenvalue weighted by Gasteiger charge is -2.27. The lowest BCUT2D eigenvalue weighted by Crippen LogP contribution is -2.58. The number of H-pyrrole nitrogens is 1. The van der Waals surface area contributed by atoms with Crippen LogP contribution in [0.4, 0.5) is 0 Å². The number of hydrogen-bond acceptors (Lipinski definition) is 7. The number of fused-ring (bicyclic) bond motifs is 1. The second kappa shape index (κ2) is 16.6. The maximum absolute atomic E-state index is 13.3. The molecule has 12 heteroatoms. The average molecular weight is 560 g/mol. The van der Waals surface area contributed by atoms with Gasteiger partial charge in [0.1, 0.15) is 18.1 Å². The van der Waals surface area contributed by atoms with Gasteiger partial charge < -0.3 is 43.2 Å². The second-order valence-corrected chi connectivity index (χ2v) is 10.4. The van der Waals surface area contributed by atoms with Crippen molar-refractivity contribution < 1.29 is 24.3 Å². The highest BCUT2D eigenvalue weighted by Gasteiger charge is 2.32. The van der Waals surface area contributed by atoms with Crippen LogP contribution in [-0.2, 0) is 25.6 Å². The zero-order valence-electron chi connectivity index (χ0n) is 23.4. The van der Waals surface area contributed by atoms with Crippen molar-refractivity contribution in [3.8, 4) is 0 Å². The number of carboxylic acids is 1. The average Bonchev–Trinajstić information content (AvgIpc) is 3.33. The topological polar surface area (TPSA) is 218 Å². The Bertz CT molecular complexity index is 1120. The highest BCUT2D eigenvalue weighted by molar-refractivity contribution is 5.94. The fraction of sp³-hybridized carbons (Fsp3) is 0.571. The molecule has 2 aromatic rings. The van der Waals surface area contributed by atoms with E-state index in [1.54, 1.807) is 20.0 Å². The highest BCUT2D eigenvalue weighted by atomic mass is 16.4. The van der Waals surface area contributed by atoms with E-state index in [1.807, 2.05) is 24.3 Å². The molecule has 1 aromatic carbocycles. The number of carbonyl (C=O) groups excluding carboxylic acids is 3. The Morgan fingerprint density at radius 1 is 0.850 bits per heavy atom. The minimum atomic E-state index is -1.21. The molecule has 0 aliphatic rings. The van der Waals surface area contributed by atoms with Crippen molar-refractivity contribution in [1.82, 2.24) is 20.9 Å². The Kier molecular flexibility index (Phi) is 13.6. The molecule has 0 radical (unpaired) electrons. The van der Waals surface area contributed by atoms with Gasteiger partial charge in [-0.1, -0.05) is 38.5 Å². The van der Waals surface area contributed by atoms with Crippen molar-refractivity contribution in [2.24, 2.45) is 23.1 Å². The van der Waals surface area contributed by atoms with E-state index in [1.165, 1.54) is 0 Å². The molecule has 0 spiro atoms. The fourth-order valence-corrected chi connectivity index (χ4v) is 4.45. The lowest BCUT2D eigenvalue weighted by atomic mass is 10.00. The van der Waals surface area contributed by atoms with Gasteiger partial charge >= 0.3 is 5.97 Å². The van der Waals surface area contributed by atoms with Gasteiger partial charge in [-0.15, -0.1) is 0 Å². The Morgan fingerprint density at radius 2 is 1.48 bits per heavy atom. The molecule has 222 valence electrons. The quantitative estimate of drug-likeness (QED) is 0.120. The number of amides is 3. The third-order valence-electron chi connectivity index (χ3n) is 6.85. The number of hydrogen-bond donors (Lipinski definition) is 8. The number of carbonyl (C=O) groups is 4. The van der Waals surface area contributed by atoms with E-state index in [0.717, 1.165) is 22.9 Å². The van der Waals surface area contributed by atoms with Gasteiger partial charge in [0.2, 0.25) is 17.7 Å². The first-order valence-corrected chi connectivity index (χ1v) is 13.9. The minimum absolute atomic E-state index is 0.0592. The van der Waals surface area contributed by atoms with E-state index in [0.29, 0.717) is 45.2 Å².